The molecule has 0 saturated heterocycles. The number of hydrogen-bond acceptors (Lipinski definition) is 2. The van der Waals surface area contributed by atoms with Crippen LogP contribution in [-0.4, -0.2) is 16.8 Å². The summed E-state index contributed by atoms with van der Waals surface area (Å²) in [6.45, 7) is 1.35. The number of nitrogens with one attached hydrogen (secondary N) is 3. The summed E-state index contributed by atoms with van der Waals surface area (Å²) in [7, 11) is 0. The number of aromatic nitrogens is 1. The van der Waals surface area contributed by atoms with Crippen LogP contribution < -0.4 is 10.6 Å². The summed E-state index contributed by atoms with van der Waals surface area (Å²) in [5.74, 6) is -1.09. The van der Waals surface area contributed by atoms with E-state index in [1.807, 2.05) is 24.3 Å². The lowest BCUT2D eigenvalue weighted by Crippen LogP contribution is -2.17. The maximum absolute atomic E-state index is 13.5. The summed E-state index contributed by atoms with van der Waals surface area (Å²) >= 11 is 0. The molecule has 0 spiro atoms. The Morgan fingerprint density at radius 1 is 1.08 bits per heavy atom. The first-order chi connectivity index (χ1) is 11.5. The van der Waals surface area contributed by atoms with Gasteiger partial charge >= 0.3 is 0 Å². The van der Waals surface area contributed by atoms with Gasteiger partial charge in [-0.25, -0.2) is 4.39 Å². The van der Waals surface area contributed by atoms with Crippen molar-refractivity contribution in [2.75, 3.05) is 10.6 Å². The van der Waals surface area contributed by atoms with E-state index < -0.39 is 5.82 Å². The quantitative estimate of drug-likeness (QED) is 0.687. The van der Waals surface area contributed by atoms with Crippen LogP contribution in [0.25, 0.3) is 10.9 Å². The molecule has 0 bridgehead atoms. The minimum Gasteiger partial charge on any atom is -0.361 e. The number of fused-ring (bicyclic) bond motifs is 1. The third-order valence-corrected chi connectivity index (χ3v) is 3.59. The van der Waals surface area contributed by atoms with Gasteiger partial charge in [0.2, 0.25) is 11.8 Å². The fourth-order valence-corrected chi connectivity index (χ4v) is 2.56. The van der Waals surface area contributed by atoms with Gasteiger partial charge in [0.25, 0.3) is 0 Å². The van der Waals surface area contributed by atoms with Crippen molar-refractivity contribution in [3.8, 4) is 0 Å². The smallest absolute Gasteiger partial charge is 0.228 e. The second-order valence-corrected chi connectivity index (χ2v) is 5.46. The van der Waals surface area contributed by atoms with Crippen LogP contribution in [0.2, 0.25) is 0 Å². The van der Waals surface area contributed by atoms with Gasteiger partial charge in [-0.05, 0) is 29.8 Å². The van der Waals surface area contributed by atoms with Crippen LogP contribution in [0.4, 0.5) is 15.8 Å². The Kier molecular flexibility index (Phi) is 4.29. The van der Waals surface area contributed by atoms with Crippen molar-refractivity contribution >= 4 is 34.1 Å². The lowest BCUT2D eigenvalue weighted by molar-refractivity contribution is -0.116. The molecule has 2 aromatic carbocycles. The number of carbonyl (C=O) groups excluding carboxylic acids is 2. The van der Waals surface area contributed by atoms with Crippen molar-refractivity contribution < 1.29 is 14.0 Å². The molecule has 2 amide bonds. The van der Waals surface area contributed by atoms with Crippen LogP contribution in [0, 0.1) is 5.82 Å². The van der Waals surface area contributed by atoms with Crippen LogP contribution in [0.3, 0.4) is 0 Å². The predicted octanol–water partition coefficient (Wildman–Crippen LogP) is 3.45. The Hall–Kier alpha value is -3.15. The number of H-pyrrole nitrogens is 1. The Labute approximate surface area is 137 Å². The Bertz CT molecular complexity index is 918. The Morgan fingerprint density at radius 3 is 2.67 bits per heavy atom. The molecule has 24 heavy (non-hydrogen) atoms. The topological polar surface area (TPSA) is 74.0 Å². The number of anilines is 2. The van der Waals surface area contributed by atoms with Crippen molar-refractivity contribution in [1.82, 2.24) is 4.98 Å². The molecule has 122 valence electrons. The summed E-state index contributed by atoms with van der Waals surface area (Å²) in [6.07, 6.45) is 1.92. The van der Waals surface area contributed by atoms with Crippen molar-refractivity contribution in [3.05, 3.63) is 60.0 Å². The summed E-state index contributed by atoms with van der Waals surface area (Å²) in [6, 6.07) is 11.5. The molecule has 1 heterocycles. The number of amides is 2. The maximum atomic E-state index is 13.5. The van der Waals surface area contributed by atoms with Crippen LogP contribution >= 0.6 is 0 Å². The van der Waals surface area contributed by atoms with E-state index >= 15 is 0 Å². The molecule has 6 heteroatoms. The molecule has 0 aliphatic heterocycles. The molecule has 3 N–H and O–H groups in total. The average molecular weight is 325 g/mol. The van der Waals surface area contributed by atoms with Crippen LogP contribution in [0.5, 0.6) is 0 Å². The van der Waals surface area contributed by atoms with Gasteiger partial charge < -0.3 is 15.6 Å². The molecule has 3 aromatic rings. The van der Waals surface area contributed by atoms with Crippen molar-refractivity contribution in [2.24, 2.45) is 0 Å². The lowest BCUT2D eigenvalue weighted by Gasteiger charge is -2.11. The highest BCUT2D eigenvalue weighted by Crippen LogP contribution is 2.24. The van der Waals surface area contributed by atoms with Gasteiger partial charge in [0.05, 0.1) is 17.8 Å². The third kappa shape index (κ3) is 3.43. The van der Waals surface area contributed by atoms with Gasteiger partial charge in [-0.3, -0.25) is 9.59 Å². The molecule has 0 atom stereocenters. The molecule has 0 radical (unpaired) electrons. The highest BCUT2D eigenvalue weighted by Gasteiger charge is 2.12. The lowest BCUT2D eigenvalue weighted by atomic mass is 10.1. The van der Waals surface area contributed by atoms with Gasteiger partial charge in [0, 0.05) is 24.0 Å². The summed E-state index contributed by atoms with van der Waals surface area (Å²) in [5.41, 5.74) is 2.39. The van der Waals surface area contributed by atoms with Crippen LogP contribution in [0.15, 0.2) is 48.7 Å². The van der Waals surface area contributed by atoms with Crippen molar-refractivity contribution in [2.45, 2.75) is 13.3 Å². The first-order valence-corrected chi connectivity index (χ1v) is 7.45. The Balaban J connectivity index is 1.80. The van der Waals surface area contributed by atoms with Gasteiger partial charge in [0.15, 0.2) is 0 Å². The molecular weight excluding hydrogens is 309 g/mol. The summed E-state index contributed by atoms with van der Waals surface area (Å²) in [5, 5.41) is 6.19. The number of halogens is 1. The monoisotopic (exact) mass is 325 g/mol. The SMILES string of the molecule is CC(=O)Nc1ccc(F)cc1NC(=O)Cc1c[nH]c2ccccc12. The summed E-state index contributed by atoms with van der Waals surface area (Å²) < 4.78 is 13.5. The molecule has 0 saturated carbocycles. The third-order valence-electron chi connectivity index (χ3n) is 3.59. The standard InChI is InChI=1S/C18H16FN3O2/c1-11(23)21-16-7-6-13(19)9-17(16)22-18(24)8-12-10-20-15-5-3-2-4-14(12)15/h2-7,9-10,20H,8H2,1H3,(H,21,23)(H,22,24). The highest BCUT2D eigenvalue weighted by atomic mass is 19.1. The Morgan fingerprint density at radius 2 is 1.88 bits per heavy atom. The highest BCUT2D eigenvalue weighted by molar-refractivity contribution is 6.00. The zero-order valence-corrected chi connectivity index (χ0v) is 13.0. The number of benzene rings is 2. The molecule has 3 rings (SSSR count). The van der Waals surface area contributed by atoms with Crippen molar-refractivity contribution in [3.63, 3.8) is 0 Å². The van der Waals surface area contributed by atoms with Gasteiger partial charge in [-0.15, -0.1) is 0 Å². The normalized spacial score (nSPS) is 10.6. The zero-order chi connectivity index (χ0) is 17.1. The largest absolute Gasteiger partial charge is 0.361 e. The molecular formula is C18H16FN3O2. The number of para-hydroxylation sites is 1. The molecule has 0 unspecified atom stereocenters. The van der Waals surface area contributed by atoms with E-state index in [9.17, 15) is 14.0 Å². The predicted molar refractivity (Wildman–Crippen MR) is 91.3 cm³/mol. The molecule has 1 aromatic heterocycles. The van der Waals surface area contributed by atoms with Gasteiger partial charge in [-0.2, -0.15) is 0 Å². The number of hydrogen-bond donors (Lipinski definition) is 3. The van der Waals surface area contributed by atoms with E-state index in [2.05, 4.69) is 15.6 Å². The molecule has 0 aliphatic carbocycles. The van der Waals surface area contributed by atoms with E-state index in [4.69, 9.17) is 0 Å². The van der Waals surface area contributed by atoms with Crippen LogP contribution in [0.1, 0.15) is 12.5 Å². The molecule has 0 aliphatic rings. The number of rotatable bonds is 4. The first kappa shape index (κ1) is 15.7. The van der Waals surface area contributed by atoms with Crippen molar-refractivity contribution in [1.29, 1.82) is 0 Å². The fourth-order valence-electron chi connectivity index (χ4n) is 2.56. The maximum Gasteiger partial charge on any atom is 0.228 e. The van der Waals surface area contributed by atoms with E-state index in [1.54, 1.807) is 6.20 Å². The van der Waals surface area contributed by atoms with E-state index in [0.717, 1.165) is 16.5 Å². The molecule has 5 nitrogen and oxygen atoms in total. The number of carbonyl (C=O) groups is 2. The minimum absolute atomic E-state index is 0.139. The van der Waals surface area contributed by atoms with Gasteiger partial charge in [-0.1, -0.05) is 18.2 Å². The van der Waals surface area contributed by atoms with E-state index in [1.165, 1.54) is 25.1 Å². The average Bonchev–Trinajstić information content (AvgIpc) is 2.93. The minimum atomic E-state index is -0.494. The second kappa shape index (κ2) is 6.54. The molecule has 0 fully saturated rings. The summed E-state index contributed by atoms with van der Waals surface area (Å²) in [4.78, 5) is 26.6. The second-order valence-electron chi connectivity index (χ2n) is 5.46. The van der Waals surface area contributed by atoms with Gasteiger partial charge in [0.1, 0.15) is 5.82 Å². The van der Waals surface area contributed by atoms with Crippen LogP contribution in [-0.2, 0) is 16.0 Å². The van der Waals surface area contributed by atoms with E-state index in [-0.39, 0.29) is 23.9 Å². The first-order valence-electron chi connectivity index (χ1n) is 7.45. The van der Waals surface area contributed by atoms with E-state index in [0.29, 0.717) is 5.69 Å². The number of aromatic amines is 1. The fraction of sp³-hybridized carbons (Fsp3) is 0.111. The zero-order valence-electron chi connectivity index (χ0n) is 13.0.